The third kappa shape index (κ3) is 5.95. The Bertz CT molecular complexity index is 263. The van der Waals surface area contributed by atoms with Crippen LogP contribution < -0.4 is 0 Å². The Hall–Kier alpha value is -0.430. The topological polar surface area (TPSA) is 35.5 Å². The Labute approximate surface area is 108 Å². The first-order chi connectivity index (χ1) is 8.42. The van der Waals surface area contributed by atoms with Crippen molar-refractivity contribution in [1.29, 1.82) is 0 Å². The lowest BCUT2D eigenvalue weighted by molar-refractivity contribution is -0.147. The van der Waals surface area contributed by atoms with Gasteiger partial charge < -0.3 is 9.47 Å². The summed E-state index contributed by atoms with van der Waals surface area (Å²) in [5.41, 5.74) is -4.19. The third-order valence-corrected chi connectivity index (χ3v) is 3.61. The van der Waals surface area contributed by atoms with Gasteiger partial charge in [0.2, 0.25) is 0 Å². The first kappa shape index (κ1) is 15.6. The van der Waals surface area contributed by atoms with Crippen molar-refractivity contribution in [3.8, 4) is 0 Å². The maximum atomic E-state index is 11.9. The molecule has 0 aromatic rings. The van der Waals surface area contributed by atoms with E-state index in [-0.39, 0.29) is 42.1 Å². The summed E-state index contributed by atoms with van der Waals surface area (Å²) in [7, 11) is 1.36. The highest BCUT2D eigenvalue weighted by molar-refractivity contribution is 8.00. The van der Waals surface area contributed by atoms with Gasteiger partial charge in [-0.15, -0.1) is 0 Å². The molecule has 3 nitrogen and oxygen atoms in total. The van der Waals surface area contributed by atoms with Crippen LogP contribution in [0, 0.1) is 5.92 Å². The van der Waals surface area contributed by atoms with Crippen LogP contribution in [0.3, 0.4) is 0 Å². The second-order valence-corrected chi connectivity index (χ2v) is 5.32. The SMILES string of the molecule is COC(=O)C1CCC(OCCSC(F)(F)F)CC1. The molecule has 1 rings (SSSR count). The fourth-order valence-electron chi connectivity index (χ4n) is 2.00. The predicted octanol–water partition coefficient (Wildman–Crippen LogP) is 2.99. The molecule has 0 saturated heterocycles. The summed E-state index contributed by atoms with van der Waals surface area (Å²) in [4.78, 5) is 11.3. The molecule has 1 aliphatic carbocycles. The lowest BCUT2D eigenvalue weighted by Crippen LogP contribution is -2.27. The molecule has 1 aliphatic rings. The smallest absolute Gasteiger partial charge is 0.441 e. The van der Waals surface area contributed by atoms with Crippen molar-refractivity contribution in [1.82, 2.24) is 0 Å². The summed E-state index contributed by atoms with van der Waals surface area (Å²) in [5, 5.41) is 0. The van der Waals surface area contributed by atoms with E-state index in [4.69, 9.17) is 4.74 Å². The van der Waals surface area contributed by atoms with Gasteiger partial charge >= 0.3 is 11.5 Å². The van der Waals surface area contributed by atoms with Gasteiger partial charge in [0.05, 0.1) is 25.7 Å². The van der Waals surface area contributed by atoms with E-state index in [2.05, 4.69) is 4.74 Å². The summed E-state index contributed by atoms with van der Waals surface area (Å²) in [6.45, 7) is 0.0950. The van der Waals surface area contributed by atoms with Gasteiger partial charge in [0.1, 0.15) is 0 Å². The fourth-order valence-corrected chi connectivity index (χ4v) is 2.42. The molecule has 0 aromatic carbocycles. The van der Waals surface area contributed by atoms with Gasteiger partial charge in [-0.3, -0.25) is 4.79 Å². The fraction of sp³-hybridized carbons (Fsp3) is 0.909. The Morgan fingerprint density at radius 1 is 1.28 bits per heavy atom. The van der Waals surface area contributed by atoms with Crippen LogP contribution in [0.2, 0.25) is 0 Å². The molecule has 0 amide bonds. The molecule has 106 valence electrons. The van der Waals surface area contributed by atoms with Crippen molar-refractivity contribution in [2.24, 2.45) is 5.92 Å². The van der Waals surface area contributed by atoms with Crippen LogP contribution in [0.15, 0.2) is 0 Å². The summed E-state index contributed by atoms with van der Waals surface area (Å²) >= 11 is -0.0679. The maximum Gasteiger partial charge on any atom is 0.441 e. The van der Waals surface area contributed by atoms with Crippen molar-refractivity contribution in [2.45, 2.75) is 37.3 Å². The molecule has 7 heteroatoms. The zero-order valence-electron chi connectivity index (χ0n) is 10.2. The van der Waals surface area contributed by atoms with E-state index in [1.807, 2.05) is 0 Å². The molecule has 0 atom stereocenters. The van der Waals surface area contributed by atoms with Crippen LogP contribution in [-0.4, -0.2) is 37.1 Å². The first-order valence-electron chi connectivity index (χ1n) is 5.82. The van der Waals surface area contributed by atoms with E-state index >= 15 is 0 Å². The molecule has 1 saturated carbocycles. The molecule has 0 aliphatic heterocycles. The van der Waals surface area contributed by atoms with Crippen molar-refractivity contribution in [3.63, 3.8) is 0 Å². The highest BCUT2D eigenvalue weighted by Gasteiger charge is 2.29. The van der Waals surface area contributed by atoms with Gasteiger partial charge in [-0.25, -0.2) is 0 Å². The number of halogens is 3. The van der Waals surface area contributed by atoms with Gasteiger partial charge in [-0.05, 0) is 37.4 Å². The van der Waals surface area contributed by atoms with Crippen molar-refractivity contribution in [2.75, 3.05) is 19.5 Å². The Morgan fingerprint density at radius 2 is 1.89 bits per heavy atom. The number of hydrogen-bond acceptors (Lipinski definition) is 4. The summed E-state index contributed by atoms with van der Waals surface area (Å²) in [6.07, 6.45) is 2.75. The second-order valence-electron chi connectivity index (χ2n) is 4.16. The standard InChI is InChI=1S/C11H17F3O3S/c1-16-10(15)8-2-4-9(5-3-8)17-6-7-18-11(12,13)14/h8-9H,2-7H2,1H3. The number of hydrogen-bond donors (Lipinski definition) is 0. The van der Waals surface area contributed by atoms with Crippen LogP contribution >= 0.6 is 11.8 Å². The van der Waals surface area contributed by atoms with Crippen molar-refractivity contribution in [3.05, 3.63) is 0 Å². The number of alkyl halides is 3. The Balaban J connectivity index is 2.11. The lowest BCUT2D eigenvalue weighted by atomic mass is 9.87. The molecular weight excluding hydrogens is 269 g/mol. The zero-order chi connectivity index (χ0) is 13.6. The van der Waals surface area contributed by atoms with Gasteiger partial charge in [0.15, 0.2) is 0 Å². The molecular formula is C11H17F3O3S. The van der Waals surface area contributed by atoms with Crippen LogP contribution in [0.25, 0.3) is 0 Å². The Kier molecular flexibility index (Phi) is 6.28. The predicted molar refractivity (Wildman–Crippen MR) is 62.2 cm³/mol. The summed E-state index contributed by atoms with van der Waals surface area (Å²) < 4.78 is 45.6. The molecule has 0 radical (unpaired) electrons. The average Bonchev–Trinajstić information content (AvgIpc) is 2.33. The van der Waals surface area contributed by atoms with E-state index in [0.29, 0.717) is 25.7 Å². The van der Waals surface area contributed by atoms with E-state index in [1.165, 1.54) is 7.11 Å². The number of carbonyl (C=O) groups is 1. The number of thioether (sulfide) groups is 1. The highest BCUT2D eigenvalue weighted by atomic mass is 32.2. The molecule has 0 unspecified atom stereocenters. The van der Waals surface area contributed by atoms with Crippen LogP contribution in [0.5, 0.6) is 0 Å². The normalized spacial score (nSPS) is 24.9. The van der Waals surface area contributed by atoms with Crippen LogP contribution in [0.1, 0.15) is 25.7 Å². The quantitative estimate of drug-likeness (QED) is 0.575. The first-order valence-corrected chi connectivity index (χ1v) is 6.81. The molecule has 0 heterocycles. The Morgan fingerprint density at radius 3 is 2.39 bits per heavy atom. The largest absolute Gasteiger partial charge is 0.469 e. The third-order valence-electron chi connectivity index (χ3n) is 2.91. The monoisotopic (exact) mass is 286 g/mol. The molecule has 0 aromatic heterocycles. The van der Waals surface area contributed by atoms with Crippen molar-refractivity contribution >= 4 is 17.7 Å². The van der Waals surface area contributed by atoms with Gasteiger partial charge in [-0.2, -0.15) is 13.2 Å². The number of rotatable bonds is 5. The van der Waals surface area contributed by atoms with Crippen LogP contribution in [-0.2, 0) is 14.3 Å². The summed E-state index contributed by atoms with van der Waals surface area (Å²) in [6, 6.07) is 0. The minimum Gasteiger partial charge on any atom is -0.469 e. The average molecular weight is 286 g/mol. The van der Waals surface area contributed by atoms with E-state index in [1.54, 1.807) is 0 Å². The maximum absolute atomic E-state index is 11.9. The zero-order valence-corrected chi connectivity index (χ0v) is 11.0. The molecule has 0 bridgehead atoms. The van der Waals surface area contributed by atoms with E-state index < -0.39 is 5.51 Å². The van der Waals surface area contributed by atoms with Crippen molar-refractivity contribution < 1.29 is 27.4 Å². The van der Waals surface area contributed by atoms with Gasteiger partial charge in [0.25, 0.3) is 0 Å². The number of methoxy groups -OCH3 is 1. The number of carbonyl (C=O) groups excluding carboxylic acids is 1. The number of ether oxygens (including phenoxy) is 2. The van der Waals surface area contributed by atoms with E-state index in [9.17, 15) is 18.0 Å². The van der Waals surface area contributed by atoms with E-state index in [0.717, 1.165) is 0 Å². The number of esters is 1. The molecule has 0 spiro atoms. The summed E-state index contributed by atoms with van der Waals surface area (Å²) in [5.74, 6) is -0.374. The highest BCUT2D eigenvalue weighted by Crippen LogP contribution is 2.31. The second kappa shape index (κ2) is 7.23. The molecule has 0 N–H and O–H groups in total. The van der Waals surface area contributed by atoms with Gasteiger partial charge in [0, 0.05) is 5.75 Å². The minimum absolute atomic E-state index is 0.0280. The lowest BCUT2D eigenvalue weighted by Gasteiger charge is -2.26. The minimum atomic E-state index is -4.19. The van der Waals surface area contributed by atoms with Crippen LogP contribution in [0.4, 0.5) is 13.2 Å². The van der Waals surface area contributed by atoms with Gasteiger partial charge in [-0.1, -0.05) is 0 Å². The molecule has 18 heavy (non-hydrogen) atoms. The molecule has 1 fully saturated rings.